The van der Waals surface area contributed by atoms with E-state index in [4.69, 9.17) is 10.5 Å². The Balaban J connectivity index is 1.78. The molecule has 5 nitrogen and oxygen atoms in total. The summed E-state index contributed by atoms with van der Waals surface area (Å²) >= 11 is 0. The summed E-state index contributed by atoms with van der Waals surface area (Å²) in [5.74, 6) is -0.245. The molecule has 0 spiro atoms. The average Bonchev–Trinajstić information content (AvgIpc) is 2.96. The zero-order chi connectivity index (χ0) is 13.5. The number of hydrogen-bond donors (Lipinski definition) is 3. The van der Waals surface area contributed by atoms with Gasteiger partial charge >= 0.3 is 0 Å². The van der Waals surface area contributed by atoms with E-state index in [1.54, 1.807) is 0 Å². The highest BCUT2D eigenvalue weighted by atomic mass is 16.5. The molecule has 1 amide bonds. The summed E-state index contributed by atoms with van der Waals surface area (Å²) in [5.41, 5.74) is 7.12. The summed E-state index contributed by atoms with van der Waals surface area (Å²) in [6.45, 7) is 0.747. The van der Waals surface area contributed by atoms with Crippen LogP contribution in [0.4, 0.5) is 0 Å². The van der Waals surface area contributed by atoms with Gasteiger partial charge in [0, 0.05) is 13.0 Å². The lowest BCUT2D eigenvalue weighted by atomic mass is 9.98. The predicted octanol–water partition coefficient (Wildman–Crippen LogP) is -0.121. The van der Waals surface area contributed by atoms with Crippen molar-refractivity contribution in [3.8, 4) is 0 Å². The second-order valence-electron chi connectivity index (χ2n) is 5.38. The Labute approximate surface area is 111 Å². The third kappa shape index (κ3) is 2.14. The van der Waals surface area contributed by atoms with E-state index < -0.39 is 11.6 Å². The molecule has 0 saturated carbocycles. The number of benzene rings is 1. The quantitative estimate of drug-likeness (QED) is 0.693. The van der Waals surface area contributed by atoms with Crippen molar-refractivity contribution in [1.82, 2.24) is 5.32 Å². The first-order valence-electron chi connectivity index (χ1n) is 6.54. The number of ether oxygens (including phenoxy) is 1. The molecule has 1 aliphatic carbocycles. The van der Waals surface area contributed by atoms with Crippen molar-refractivity contribution >= 4 is 5.91 Å². The highest BCUT2D eigenvalue weighted by Crippen LogP contribution is 2.31. The molecule has 0 bridgehead atoms. The van der Waals surface area contributed by atoms with E-state index in [9.17, 15) is 9.90 Å². The molecular formula is C14H18N2O3. The number of rotatable bonds is 2. The molecule has 5 heteroatoms. The second-order valence-corrected chi connectivity index (χ2v) is 5.38. The summed E-state index contributed by atoms with van der Waals surface area (Å²) < 4.78 is 5.19. The van der Waals surface area contributed by atoms with Crippen LogP contribution in [0.25, 0.3) is 0 Å². The van der Waals surface area contributed by atoms with Gasteiger partial charge in [-0.1, -0.05) is 24.3 Å². The Kier molecular flexibility index (Phi) is 3.05. The van der Waals surface area contributed by atoms with E-state index in [0.29, 0.717) is 19.4 Å². The average molecular weight is 262 g/mol. The van der Waals surface area contributed by atoms with Crippen molar-refractivity contribution in [1.29, 1.82) is 0 Å². The maximum atomic E-state index is 12.3. The van der Waals surface area contributed by atoms with E-state index in [2.05, 4.69) is 5.32 Å². The minimum atomic E-state index is -0.961. The molecule has 0 radical (unpaired) electrons. The molecule has 102 valence electrons. The van der Waals surface area contributed by atoms with Gasteiger partial charge in [-0.15, -0.1) is 0 Å². The first-order valence-corrected chi connectivity index (χ1v) is 6.54. The van der Waals surface area contributed by atoms with E-state index >= 15 is 0 Å². The van der Waals surface area contributed by atoms with E-state index in [1.807, 2.05) is 24.3 Å². The third-order valence-corrected chi connectivity index (χ3v) is 3.99. The maximum Gasteiger partial charge on any atom is 0.243 e. The number of hydrogen-bond acceptors (Lipinski definition) is 4. The predicted molar refractivity (Wildman–Crippen MR) is 69.4 cm³/mol. The molecule has 1 aromatic rings. The molecule has 0 aromatic heterocycles. The summed E-state index contributed by atoms with van der Waals surface area (Å²) in [7, 11) is 0. The fraction of sp³-hybridized carbons (Fsp3) is 0.500. The topological polar surface area (TPSA) is 84.6 Å². The lowest BCUT2D eigenvalue weighted by Crippen LogP contribution is -2.55. The molecule has 3 atom stereocenters. The van der Waals surface area contributed by atoms with Crippen LogP contribution in [-0.4, -0.2) is 35.9 Å². The van der Waals surface area contributed by atoms with Gasteiger partial charge in [-0.2, -0.15) is 0 Å². The molecule has 3 rings (SSSR count). The minimum absolute atomic E-state index is 0.239. The second kappa shape index (κ2) is 4.59. The van der Waals surface area contributed by atoms with Gasteiger partial charge in [-0.05, 0) is 17.5 Å². The number of aliphatic hydroxyl groups is 1. The van der Waals surface area contributed by atoms with E-state index in [-0.39, 0.29) is 18.6 Å². The van der Waals surface area contributed by atoms with Gasteiger partial charge in [0.1, 0.15) is 5.54 Å². The number of nitrogens with two attached hydrogens (primary N) is 1. The summed E-state index contributed by atoms with van der Waals surface area (Å²) in [6, 6.07) is 7.38. The Morgan fingerprint density at radius 2 is 2.26 bits per heavy atom. The van der Waals surface area contributed by atoms with Crippen LogP contribution >= 0.6 is 0 Å². The van der Waals surface area contributed by atoms with E-state index in [0.717, 1.165) is 11.1 Å². The maximum absolute atomic E-state index is 12.3. The summed E-state index contributed by atoms with van der Waals surface area (Å²) in [5, 5.41) is 13.0. The van der Waals surface area contributed by atoms with E-state index in [1.165, 1.54) is 0 Å². The van der Waals surface area contributed by atoms with Crippen molar-refractivity contribution in [2.24, 2.45) is 5.73 Å². The molecule has 4 N–H and O–H groups in total. The Morgan fingerprint density at radius 1 is 1.47 bits per heavy atom. The molecule has 19 heavy (non-hydrogen) atoms. The highest BCUT2D eigenvalue weighted by molar-refractivity contribution is 5.87. The van der Waals surface area contributed by atoms with Crippen molar-refractivity contribution in [2.75, 3.05) is 13.2 Å². The number of amides is 1. The van der Waals surface area contributed by atoms with Crippen molar-refractivity contribution in [3.05, 3.63) is 35.4 Å². The molecule has 1 heterocycles. The van der Waals surface area contributed by atoms with Crippen LogP contribution in [0.5, 0.6) is 0 Å². The van der Waals surface area contributed by atoms with Crippen LogP contribution in [-0.2, 0) is 16.0 Å². The van der Waals surface area contributed by atoms with Gasteiger partial charge in [0.15, 0.2) is 0 Å². The van der Waals surface area contributed by atoms with Gasteiger partial charge in [0.25, 0.3) is 0 Å². The van der Waals surface area contributed by atoms with Crippen LogP contribution in [0.1, 0.15) is 23.6 Å². The Bertz CT molecular complexity index is 497. The zero-order valence-corrected chi connectivity index (χ0v) is 10.6. The van der Waals surface area contributed by atoms with Crippen molar-refractivity contribution < 1.29 is 14.6 Å². The normalized spacial score (nSPS) is 33.2. The lowest BCUT2D eigenvalue weighted by molar-refractivity contribution is -0.127. The molecule has 1 saturated heterocycles. The summed E-state index contributed by atoms with van der Waals surface area (Å²) in [4.78, 5) is 12.3. The number of nitrogens with one attached hydrogen (secondary N) is 1. The lowest BCUT2D eigenvalue weighted by Gasteiger charge is -2.25. The smallest absolute Gasteiger partial charge is 0.243 e. The molecule has 1 aliphatic heterocycles. The minimum Gasteiger partial charge on any atom is -0.390 e. The molecule has 1 aromatic carbocycles. The number of carbonyl (C=O) groups excluding carboxylic acids is 1. The number of carbonyl (C=O) groups is 1. The molecular weight excluding hydrogens is 244 g/mol. The van der Waals surface area contributed by atoms with Crippen LogP contribution in [0.2, 0.25) is 0 Å². The van der Waals surface area contributed by atoms with Gasteiger partial charge in [0.05, 0.1) is 18.8 Å². The van der Waals surface area contributed by atoms with Crippen LogP contribution in [0.15, 0.2) is 24.3 Å². The van der Waals surface area contributed by atoms with Gasteiger partial charge in [-0.3, -0.25) is 4.79 Å². The first kappa shape index (κ1) is 12.6. The van der Waals surface area contributed by atoms with Crippen LogP contribution in [0, 0.1) is 0 Å². The van der Waals surface area contributed by atoms with Crippen molar-refractivity contribution in [2.45, 2.75) is 30.5 Å². The van der Waals surface area contributed by atoms with Gasteiger partial charge < -0.3 is 20.9 Å². The largest absolute Gasteiger partial charge is 0.390 e. The third-order valence-electron chi connectivity index (χ3n) is 3.99. The number of fused-ring (bicyclic) bond motifs is 1. The fourth-order valence-corrected chi connectivity index (χ4v) is 2.79. The van der Waals surface area contributed by atoms with Crippen molar-refractivity contribution in [3.63, 3.8) is 0 Å². The van der Waals surface area contributed by atoms with Gasteiger partial charge in [-0.25, -0.2) is 0 Å². The molecule has 2 aliphatic rings. The van der Waals surface area contributed by atoms with Crippen LogP contribution < -0.4 is 11.1 Å². The molecule has 1 fully saturated rings. The first-order chi connectivity index (χ1) is 9.10. The number of aliphatic hydroxyl groups excluding tert-OH is 1. The van der Waals surface area contributed by atoms with Gasteiger partial charge in [0.2, 0.25) is 5.91 Å². The Hall–Kier alpha value is -1.43. The fourth-order valence-electron chi connectivity index (χ4n) is 2.79. The standard InChI is InChI=1S/C14H18N2O3/c15-14(5-6-19-8-14)13(18)16-12-10-4-2-1-3-9(10)7-11(12)17/h1-4,11-12,17H,5-8,15H2,(H,16,18)/t11-,12+,14?/m1/s1. The summed E-state index contributed by atoms with van der Waals surface area (Å²) in [6.07, 6.45) is 0.491. The molecule has 1 unspecified atom stereocenters. The van der Waals surface area contributed by atoms with Crippen LogP contribution in [0.3, 0.4) is 0 Å². The zero-order valence-electron chi connectivity index (χ0n) is 10.6. The monoisotopic (exact) mass is 262 g/mol. The highest BCUT2D eigenvalue weighted by Gasteiger charge is 2.41. The SMILES string of the molecule is NC1(C(=O)N[C@H]2c3ccccc3C[C@H]2O)CCOC1. The Morgan fingerprint density at radius 3 is 3.00 bits per heavy atom.